The minimum absolute atomic E-state index is 0.113. The summed E-state index contributed by atoms with van der Waals surface area (Å²) in [6, 6.07) is 0. The topological polar surface area (TPSA) is 26.3 Å². The van der Waals surface area contributed by atoms with E-state index in [4.69, 9.17) is 4.74 Å². The highest BCUT2D eigenvalue weighted by Crippen LogP contribution is 2.57. The molecule has 2 nitrogen and oxygen atoms in total. The van der Waals surface area contributed by atoms with Crippen molar-refractivity contribution in [1.82, 2.24) is 0 Å². The summed E-state index contributed by atoms with van der Waals surface area (Å²) in [7, 11) is 0. The lowest BCUT2D eigenvalue weighted by Crippen LogP contribution is -2.42. The molecule has 23 heavy (non-hydrogen) atoms. The highest BCUT2D eigenvalue weighted by molar-refractivity contribution is 5.74. The van der Waals surface area contributed by atoms with Crippen LogP contribution in [0.25, 0.3) is 0 Å². The van der Waals surface area contributed by atoms with Gasteiger partial charge in [0.1, 0.15) is 5.60 Å². The van der Waals surface area contributed by atoms with E-state index in [1.807, 2.05) is 0 Å². The van der Waals surface area contributed by atoms with E-state index in [9.17, 15) is 4.79 Å². The minimum atomic E-state index is -0.278. The molecule has 0 N–H and O–H groups in total. The Bertz CT molecular complexity index is 431. The van der Waals surface area contributed by atoms with Crippen LogP contribution in [0.5, 0.6) is 0 Å². The zero-order valence-electron chi connectivity index (χ0n) is 15.8. The van der Waals surface area contributed by atoms with Crippen LogP contribution in [0.3, 0.4) is 0 Å². The van der Waals surface area contributed by atoms with Gasteiger partial charge in [-0.05, 0) is 75.0 Å². The average molecular weight is 321 g/mol. The highest BCUT2D eigenvalue weighted by atomic mass is 16.6. The summed E-state index contributed by atoms with van der Waals surface area (Å²) in [4.78, 5) is 12.9. The molecule has 3 aliphatic rings. The smallest absolute Gasteiger partial charge is 0.309 e. The average Bonchev–Trinajstić information content (AvgIpc) is 3.05. The molecular formula is C21H36O2. The first kappa shape index (κ1) is 17.3. The molecule has 2 heteroatoms. The van der Waals surface area contributed by atoms with Crippen LogP contribution >= 0.6 is 0 Å². The highest BCUT2D eigenvalue weighted by Gasteiger charge is 2.54. The summed E-state index contributed by atoms with van der Waals surface area (Å²) in [6.07, 6.45) is 8.73. The summed E-state index contributed by atoms with van der Waals surface area (Å²) in [5, 5.41) is 0. The van der Waals surface area contributed by atoms with Gasteiger partial charge in [-0.2, -0.15) is 0 Å². The Morgan fingerprint density at radius 1 is 1.09 bits per heavy atom. The van der Waals surface area contributed by atoms with Crippen LogP contribution in [-0.4, -0.2) is 11.6 Å². The third kappa shape index (κ3) is 3.20. The Hall–Kier alpha value is -0.530. The molecule has 5 unspecified atom stereocenters. The standard InChI is InChI=1S/C21H36O2/c1-13(2)19-14(3)17-11-15(19)12-18(17)20(22)23-21(4,5)16-9-7-6-8-10-16/h13-19H,6-12H2,1-5H3. The number of carbonyl (C=O) groups excluding carboxylic acids is 1. The van der Waals surface area contributed by atoms with Gasteiger partial charge < -0.3 is 4.74 Å². The first-order chi connectivity index (χ1) is 10.8. The first-order valence-electron chi connectivity index (χ1n) is 10.0. The Labute approximate surface area is 142 Å². The molecule has 3 aliphatic carbocycles. The maximum Gasteiger partial charge on any atom is 0.309 e. The zero-order valence-corrected chi connectivity index (χ0v) is 15.8. The van der Waals surface area contributed by atoms with Crippen molar-refractivity contribution in [2.24, 2.45) is 41.4 Å². The van der Waals surface area contributed by atoms with Gasteiger partial charge in [-0.1, -0.05) is 40.0 Å². The van der Waals surface area contributed by atoms with Crippen LogP contribution in [0.2, 0.25) is 0 Å². The third-order valence-electron chi connectivity index (χ3n) is 7.50. The number of hydrogen-bond donors (Lipinski definition) is 0. The van der Waals surface area contributed by atoms with Crippen molar-refractivity contribution < 1.29 is 9.53 Å². The molecule has 3 saturated carbocycles. The summed E-state index contributed by atoms with van der Waals surface area (Å²) in [6.45, 7) is 11.4. The lowest BCUT2D eigenvalue weighted by Gasteiger charge is -2.39. The van der Waals surface area contributed by atoms with Gasteiger partial charge in [-0.25, -0.2) is 0 Å². The Morgan fingerprint density at radius 3 is 2.30 bits per heavy atom. The number of rotatable bonds is 4. The molecule has 3 rings (SSSR count). The van der Waals surface area contributed by atoms with Crippen molar-refractivity contribution in [1.29, 1.82) is 0 Å². The van der Waals surface area contributed by atoms with E-state index in [1.54, 1.807) is 0 Å². The molecule has 0 aromatic heterocycles. The first-order valence-corrected chi connectivity index (χ1v) is 10.0. The monoisotopic (exact) mass is 320 g/mol. The van der Waals surface area contributed by atoms with Crippen LogP contribution in [-0.2, 0) is 9.53 Å². The van der Waals surface area contributed by atoms with E-state index in [2.05, 4.69) is 34.6 Å². The summed E-state index contributed by atoms with van der Waals surface area (Å²) in [5.74, 6) is 4.41. The molecule has 0 aromatic rings. The van der Waals surface area contributed by atoms with Crippen molar-refractivity contribution in [3.8, 4) is 0 Å². The summed E-state index contributed by atoms with van der Waals surface area (Å²) in [5.41, 5.74) is -0.278. The molecule has 0 spiro atoms. The van der Waals surface area contributed by atoms with Crippen LogP contribution in [0, 0.1) is 41.4 Å². The molecule has 0 heterocycles. The minimum Gasteiger partial charge on any atom is -0.459 e. The molecule has 0 saturated heterocycles. The molecular weight excluding hydrogens is 284 g/mol. The van der Waals surface area contributed by atoms with Gasteiger partial charge in [0, 0.05) is 0 Å². The van der Waals surface area contributed by atoms with Gasteiger partial charge in [0.2, 0.25) is 0 Å². The lowest BCUT2D eigenvalue weighted by atomic mass is 9.70. The molecule has 132 valence electrons. The Kier molecular flexibility index (Phi) is 4.82. The van der Waals surface area contributed by atoms with E-state index in [1.165, 1.54) is 38.5 Å². The zero-order chi connectivity index (χ0) is 16.8. The Morgan fingerprint density at radius 2 is 1.74 bits per heavy atom. The van der Waals surface area contributed by atoms with Crippen LogP contribution < -0.4 is 0 Å². The van der Waals surface area contributed by atoms with E-state index >= 15 is 0 Å². The summed E-state index contributed by atoms with van der Waals surface area (Å²) >= 11 is 0. The van der Waals surface area contributed by atoms with E-state index < -0.39 is 0 Å². The molecule has 2 bridgehead atoms. The van der Waals surface area contributed by atoms with Gasteiger partial charge in [-0.15, -0.1) is 0 Å². The van der Waals surface area contributed by atoms with Gasteiger partial charge in [0.15, 0.2) is 0 Å². The lowest BCUT2D eigenvalue weighted by molar-refractivity contribution is -0.171. The summed E-state index contributed by atoms with van der Waals surface area (Å²) < 4.78 is 6.12. The molecule has 3 fully saturated rings. The molecule has 0 aromatic carbocycles. The Balaban J connectivity index is 1.62. The number of fused-ring (bicyclic) bond motifs is 2. The maximum absolute atomic E-state index is 12.9. The fourth-order valence-corrected chi connectivity index (χ4v) is 6.36. The SMILES string of the molecule is CC(C)C1C2CC(C(=O)OC(C)(C)C3CCCCC3)C(C2)C1C. The largest absolute Gasteiger partial charge is 0.459 e. The van der Waals surface area contributed by atoms with Crippen LogP contribution in [0.15, 0.2) is 0 Å². The molecule has 0 radical (unpaired) electrons. The van der Waals surface area contributed by atoms with Crippen molar-refractivity contribution in [3.63, 3.8) is 0 Å². The van der Waals surface area contributed by atoms with Crippen molar-refractivity contribution in [3.05, 3.63) is 0 Å². The fraction of sp³-hybridized carbons (Fsp3) is 0.952. The van der Waals surface area contributed by atoms with Gasteiger partial charge >= 0.3 is 5.97 Å². The predicted molar refractivity (Wildman–Crippen MR) is 93.9 cm³/mol. The molecule has 0 amide bonds. The second-order valence-corrected chi connectivity index (χ2v) is 9.54. The second kappa shape index (κ2) is 6.41. The normalized spacial score (nSPS) is 38.3. The van der Waals surface area contributed by atoms with Gasteiger partial charge in [0.05, 0.1) is 5.92 Å². The number of hydrogen-bond acceptors (Lipinski definition) is 2. The van der Waals surface area contributed by atoms with Crippen molar-refractivity contribution in [2.45, 2.75) is 85.2 Å². The quantitative estimate of drug-likeness (QED) is 0.644. The van der Waals surface area contributed by atoms with Crippen LogP contribution in [0.4, 0.5) is 0 Å². The number of carbonyl (C=O) groups is 1. The van der Waals surface area contributed by atoms with Crippen molar-refractivity contribution in [2.75, 3.05) is 0 Å². The van der Waals surface area contributed by atoms with E-state index in [0.29, 0.717) is 17.8 Å². The van der Waals surface area contributed by atoms with Gasteiger partial charge in [-0.3, -0.25) is 4.79 Å². The molecule has 0 aliphatic heterocycles. The van der Waals surface area contributed by atoms with Crippen molar-refractivity contribution >= 4 is 5.97 Å². The van der Waals surface area contributed by atoms with E-state index in [0.717, 1.165) is 24.2 Å². The molecule has 5 atom stereocenters. The third-order valence-corrected chi connectivity index (χ3v) is 7.50. The maximum atomic E-state index is 12.9. The van der Waals surface area contributed by atoms with E-state index in [-0.39, 0.29) is 17.5 Å². The van der Waals surface area contributed by atoms with Crippen LogP contribution in [0.1, 0.15) is 79.6 Å². The number of ether oxygens (including phenoxy) is 1. The van der Waals surface area contributed by atoms with Gasteiger partial charge in [0.25, 0.3) is 0 Å². The fourth-order valence-electron chi connectivity index (χ4n) is 6.36. The predicted octanol–water partition coefficient (Wildman–Crippen LogP) is 5.45. The number of esters is 1. The second-order valence-electron chi connectivity index (χ2n) is 9.54.